The minimum Gasteiger partial charge on any atom is 0 e. The second kappa shape index (κ2) is 280. The summed E-state index contributed by atoms with van der Waals surface area (Å²) in [4.78, 5) is 0. The van der Waals surface area contributed by atoms with Gasteiger partial charge in [0.2, 0.25) is 0 Å². The van der Waals surface area contributed by atoms with Crippen LogP contribution in [0.15, 0.2) is 0 Å². The number of rotatable bonds is 0. The van der Waals surface area contributed by atoms with Crippen molar-refractivity contribution in [2.45, 2.75) is 0 Å². The van der Waals surface area contributed by atoms with Crippen LogP contribution < -0.4 is 0 Å². The van der Waals surface area contributed by atoms with E-state index in [9.17, 15) is 0 Å². The molecule has 31 heavy (non-hydrogen) atoms. The first-order valence-corrected chi connectivity index (χ1v) is 0. The molecule has 31 heteroatoms. The monoisotopic (exact) mass is 1470 g/mol. The van der Waals surface area contributed by atoms with Gasteiger partial charge in [-0.25, -0.2) is 0 Å². The Balaban J connectivity index is 0. The maximum absolute atomic E-state index is 0. The van der Waals surface area contributed by atoms with Crippen molar-refractivity contribution < 1.29 is 652 Å². The molecule has 0 aromatic carbocycles. The molecule has 0 atom stereocenters. The molecule has 0 spiro atoms. The van der Waals surface area contributed by atoms with Gasteiger partial charge in [-0.15, -0.1) is 0 Å². The molecular formula is AlTi30. The van der Waals surface area contributed by atoms with Gasteiger partial charge in [-0.1, -0.05) is 0 Å². The summed E-state index contributed by atoms with van der Waals surface area (Å²) in [5.74, 6) is 0. The van der Waals surface area contributed by atoms with Gasteiger partial charge in [-0.2, -0.15) is 0 Å². The van der Waals surface area contributed by atoms with Crippen molar-refractivity contribution in [1.29, 1.82) is 0 Å². The van der Waals surface area contributed by atoms with E-state index >= 15 is 0 Å². The molecule has 0 aliphatic heterocycles. The van der Waals surface area contributed by atoms with Crippen LogP contribution in [-0.2, 0) is 652 Å². The van der Waals surface area contributed by atoms with Crippen molar-refractivity contribution in [3.05, 3.63) is 0 Å². The molecule has 0 N–H and O–H groups in total. The van der Waals surface area contributed by atoms with Crippen LogP contribution in [0.1, 0.15) is 0 Å². The van der Waals surface area contributed by atoms with Crippen molar-refractivity contribution in [1.82, 2.24) is 0 Å². The largest absolute Gasteiger partial charge is 0 e. The predicted octanol–water partition coefficient (Wildman–Crippen LogP) is -0.456. The molecule has 0 aromatic heterocycles. The summed E-state index contributed by atoms with van der Waals surface area (Å²) in [7, 11) is 0. The van der Waals surface area contributed by atoms with Crippen molar-refractivity contribution in [3.8, 4) is 0 Å². The molecule has 0 saturated heterocycles. The first kappa shape index (κ1) is 296. The first-order chi connectivity index (χ1) is 0. The summed E-state index contributed by atoms with van der Waals surface area (Å²) in [5.41, 5.74) is 0. The zero-order chi connectivity index (χ0) is 0. The third kappa shape index (κ3) is 269. The molecule has 123 valence electrons. The topological polar surface area (TPSA) is 0 Å². The Hall–Kier alpha value is 22.0. The van der Waals surface area contributed by atoms with E-state index in [0.717, 1.165) is 0 Å². The summed E-state index contributed by atoms with van der Waals surface area (Å²) in [6.45, 7) is 0. The molecule has 0 aliphatic carbocycles. The average Bonchev–Trinajstić information content (AvgIpc) is 0. The maximum Gasteiger partial charge on any atom is 0 e. The Morgan fingerprint density at radius 2 is 0.0645 bits per heavy atom. The Labute approximate surface area is 648 Å². The fourth-order valence-electron chi connectivity index (χ4n) is 0. The molecule has 0 bridgehead atoms. The van der Waals surface area contributed by atoms with Gasteiger partial charge >= 0.3 is 0 Å². The molecular weight excluding hydrogens is 1460 g/mol. The van der Waals surface area contributed by atoms with Crippen LogP contribution in [-0.4, -0.2) is 17.4 Å². The van der Waals surface area contributed by atoms with E-state index in [2.05, 4.69) is 0 Å². The van der Waals surface area contributed by atoms with E-state index in [1.54, 1.807) is 0 Å². The molecule has 0 heterocycles. The van der Waals surface area contributed by atoms with Gasteiger partial charge in [-0.3, -0.25) is 0 Å². The molecule has 0 saturated carbocycles. The van der Waals surface area contributed by atoms with Gasteiger partial charge in [0.25, 0.3) is 0 Å². The number of hydrogen-bond donors (Lipinski definition) is 0. The maximum atomic E-state index is 0. The summed E-state index contributed by atoms with van der Waals surface area (Å²) in [6.07, 6.45) is 0. The standard InChI is InChI=1S/Al.30Ti. The molecule has 0 unspecified atom stereocenters. The van der Waals surface area contributed by atoms with Gasteiger partial charge < -0.3 is 0 Å². The van der Waals surface area contributed by atoms with Crippen LogP contribution in [0.2, 0.25) is 0 Å². The fraction of sp³-hybridized carbons (Fsp3) is 0. The van der Waals surface area contributed by atoms with Crippen LogP contribution in [0.5, 0.6) is 0 Å². The molecule has 0 rings (SSSR count). The number of hydrogen-bond acceptors (Lipinski definition) is 0. The molecule has 3 radical (unpaired) electrons. The van der Waals surface area contributed by atoms with Gasteiger partial charge in [0.1, 0.15) is 0 Å². The smallest absolute Gasteiger partial charge is 0 e. The molecule has 0 amide bonds. The van der Waals surface area contributed by atoms with Crippen molar-refractivity contribution >= 4 is 17.4 Å². The van der Waals surface area contributed by atoms with E-state index in [-0.39, 0.29) is 669 Å². The van der Waals surface area contributed by atoms with Crippen molar-refractivity contribution in [3.63, 3.8) is 0 Å². The molecule has 0 aromatic rings. The third-order valence-electron chi connectivity index (χ3n) is 0. The van der Waals surface area contributed by atoms with Crippen LogP contribution in [0.25, 0.3) is 0 Å². The van der Waals surface area contributed by atoms with Gasteiger partial charge in [0.05, 0.1) is 0 Å². The van der Waals surface area contributed by atoms with Gasteiger partial charge in [-0.05, 0) is 0 Å². The third-order valence-corrected chi connectivity index (χ3v) is 0. The molecule has 0 aliphatic rings. The van der Waals surface area contributed by atoms with Crippen molar-refractivity contribution in [2.24, 2.45) is 0 Å². The molecule has 0 fully saturated rings. The fourth-order valence-corrected chi connectivity index (χ4v) is 0. The first-order valence-electron chi connectivity index (χ1n) is 0. The zero-order valence-electron chi connectivity index (χ0n) is 15.6. The Morgan fingerprint density at radius 3 is 0.0645 bits per heavy atom. The molecule has 0 nitrogen and oxygen atoms in total. The van der Waals surface area contributed by atoms with Gasteiger partial charge in [0, 0.05) is 669 Å². The van der Waals surface area contributed by atoms with E-state index in [1.165, 1.54) is 0 Å². The normalized spacial score (nSPS) is 0. The van der Waals surface area contributed by atoms with E-state index in [1.807, 2.05) is 0 Å². The second-order valence-corrected chi connectivity index (χ2v) is 0. The van der Waals surface area contributed by atoms with E-state index in [0.29, 0.717) is 0 Å². The van der Waals surface area contributed by atoms with Crippen molar-refractivity contribution in [2.75, 3.05) is 0 Å². The summed E-state index contributed by atoms with van der Waals surface area (Å²) >= 11 is 0. The summed E-state index contributed by atoms with van der Waals surface area (Å²) in [6, 6.07) is 0. The predicted molar refractivity (Wildman–Crippen MR) is 5.75 cm³/mol. The second-order valence-electron chi connectivity index (χ2n) is 0. The van der Waals surface area contributed by atoms with Crippen LogP contribution in [0.4, 0.5) is 0 Å². The minimum atomic E-state index is 0. The Morgan fingerprint density at radius 1 is 0.0645 bits per heavy atom. The zero-order valence-corrected chi connectivity index (χ0v) is 63.6. The quantitative estimate of drug-likeness (QED) is 0.289. The van der Waals surface area contributed by atoms with E-state index in [4.69, 9.17) is 0 Å². The van der Waals surface area contributed by atoms with Gasteiger partial charge in [0.15, 0.2) is 0 Å². The van der Waals surface area contributed by atoms with Crippen LogP contribution in [0, 0.1) is 0 Å². The van der Waals surface area contributed by atoms with E-state index < -0.39 is 0 Å². The SMILES string of the molecule is [Al].[Ti].[Ti].[Ti].[Ti].[Ti].[Ti].[Ti].[Ti].[Ti].[Ti].[Ti].[Ti].[Ti].[Ti].[Ti].[Ti].[Ti].[Ti].[Ti].[Ti].[Ti].[Ti].[Ti].[Ti].[Ti].[Ti].[Ti].[Ti].[Ti].[Ti]. The van der Waals surface area contributed by atoms with Crippen LogP contribution >= 0.6 is 0 Å². The minimum absolute atomic E-state index is 0. The Bertz CT molecular complexity index is 6.37. The summed E-state index contributed by atoms with van der Waals surface area (Å²) < 4.78 is 0. The Kier molecular flexibility index (Phi) is 2680. The average molecular weight is 1460 g/mol. The summed E-state index contributed by atoms with van der Waals surface area (Å²) in [5, 5.41) is 0. The van der Waals surface area contributed by atoms with Crippen LogP contribution in [0.3, 0.4) is 0 Å².